The van der Waals surface area contributed by atoms with E-state index in [9.17, 15) is 9.59 Å². The summed E-state index contributed by atoms with van der Waals surface area (Å²) in [5.74, 6) is 0.576. The third-order valence-electron chi connectivity index (χ3n) is 7.66. The first kappa shape index (κ1) is 25.2. The van der Waals surface area contributed by atoms with Crippen LogP contribution in [0.25, 0.3) is 11.4 Å². The minimum atomic E-state index is -1.47. The number of anilines is 2. The summed E-state index contributed by atoms with van der Waals surface area (Å²) >= 11 is 6.34. The lowest BCUT2D eigenvalue weighted by molar-refractivity contribution is -0.119. The molecule has 0 aliphatic carbocycles. The highest BCUT2D eigenvalue weighted by molar-refractivity contribution is 6.31. The predicted octanol–water partition coefficient (Wildman–Crippen LogP) is 6.57. The van der Waals surface area contributed by atoms with Crippen LogP contribution in [0.2, 0.25) is 5.02 Å². The third kappa shape index (κ3) is 3.39. The number of hydrogen-bond acceptors (Lipinski definition) is 4. The van der Waals surface area contributed by atoms with Crippen molar-refractivity contribution in [3.63, 3.8) is 0 Å². The standard InChI is InChI=1S/C31H29ClN4O3/c1-16(2)35-27-26(34-28(35)21-11-8-18(4)14-25(21)39-6)29(37)36(24-13-17(3)7-9-19(24)5)31(27)22-12-10-20(32)15-23(22)33-30(31)38/h7-16H,1-6H3,(H,33,38). The molecule has 3 heterocycles. The van der Waals surface area contributed by atoms with Crippen LogP contribution in [0.5, 0.6) is 5.75 Å². The monoisotopic (exact) mass is 540 g/mol. The van der Waals surface area contributed by atoms with Crippen molar-refractivity contribution in [1.82, 2.24) is 9.55 Å². The lowest BCUT2D eigenvalue weighted by Gasteiger charge is -2.36. The number of aryl methyl sites for hydroxylation is 3. The van der Waals surface area contributed by atoms with Crippen LogP contribution < -0.4 is 15.0 Å². The van der Waals surface area contributed by atoms with Crippen LogP contribution >= 0.6 is 11.6 Å². The van der Waals surface area contributed by atoms with Gasteiger partial charge < -0.3 is 14.6 Å². The van der Waals surface area contributed by atoms with Crippen LogP contribution in [0, 0.1) is 20.8 Å². The molecular formula is C31H29ClN4O3. The van der Waals surface area contributed by atoms with Crippen molar-refractivity contribution in [3.8, 4) is 17.1 Å². The molecule has 0 fully saturated rings. The molecule has 1 unspecified atom stereocenters. The molecule has 2 aliphatic heterocycles. The molecule has 3 aromatic carbocycles. The molecule has 8 heteroatoms. The highest BCUT2D eigenvalue weighted by atomic mass is 35.5. The molecule has 0 bridgehead atoms. The van der Waals surface area contributed by atoms with Crippen molar-refractivity contribution < 1.29 is 14.3 Å². The normalized spacial score (nSPS) is 17.7. The van der Waals surface area contributed by atoms with E-state index >= 15 is 0 Å². The molecule has 1 aromatic heterocycles. The highest BCUT2D eigenvalue weighted by Crippen LogP contribution is 2.55. The summed E-state index contributed by atoms with van der Waals surface area (Å²) < 4.78 is 7.74. The Kier molecular flexibility index (Phi) is 5.63. The first-order valence-electron chi connectivity index (χ1n) is 12.9. The van der Waals surface area contributed by atoms with Crippen molar-refractivity contribution in [2.24, 2.45) is 0 Å². The number of methoxy groups -OCH3 is 1. The number of aromatic nitrogens is 2. The van der Waals surface area contributed by atoms with E-state index in [1.807, 2.05) is 81.7 Å². The highest BCUT2D eigenvalue weighted by Gasteiger charge is 2.64. The van der Waals surface area contributed by atoms with E-state index in [2.05, 4.69) is 5.32 Å². The van der Waals surface area contributed by atoms with Gasteiger partial charge >= 0.3 is 0 Å². The number of hydrogen-bond donors (Lipinski definition) is 1. The average Bonchev–Trinajstić information content (AvgIpc) is 3.49. The van der Waals surface area contributed by atoms with Gasteiger partial charge in [0.15, 0.2) is 11.2 Å². The van der Waals surface area contributed by atoms with Gasteiger partial charge in [-0.15, -0.1) is 0 Å². The third-order valence-corrected chi connectivity index (χ3v) is 7.90. The minimum Gasteiger partial charge on any atom is -0.496 e. The van der Waals surface area contributed by atoms with Crippen LogP contribution in [0.15, 0.2) is 54.6 Å². The predicted molar refractivity (Wildman–Crippen MR) is 153 cm³/mol. The molecule has 0 saturated carbocycles. The Morgan fingerprint density at radius 2 is 1.69 bits per heavy atom. The summed E-state index contributed by atoms with van der Waals surface area (Å²) in [7, 11) is 1.62. The first-order chi connectivity index (χ1) is 18.6. The zero-order valence-corrected chi connectivity index (χ0v) is 23.5. The fourth-order valence-corrected chi connectivity index (χ4v) is 6.12. The Balaban J connectivity index is 1.74. The molecule has 4 aromatic rings. The van der Waals surface area contributed by atoms with E-state index in [-0.39, 0.29) is 23.6 Å². The van der Waals surface area contributed by atoms with Crippen LogP contribution in [0.1, 0.15) is 58.3 Å². The number of rotatable bonds is 4. The van der Waals surface area contributed by atoms with Crippen molar-refractivity contribution in [2.75, 3.05) is 17.3 Å². The first-order valence-corrected chi connectivity index (χ1v) is 13.3. The largest absolute Gasteiger partial charge is 0.496 e. The number of imidazole rings is 1. The number of halogens is 1. The Morgan fingerprint density at radius 3 is 2.41 bits per heavy atom. The fourth-order valence-electron chi connectivity index (χ4n) is 5.95. The van der Waals surface area contributed by atoms with E-state index in [1.54, 1.807) is 24.1 Å². The second-order valence-electron chi connectivity index (χ2n) is 10.6. The molecule has 6 rings (SSSR count). The summed E-state index contributed by atoms with van der Waals surface area (Å²) in [5, 5.41) is 3.53. The summed E-state index contributed by atoms with van der Waals surface area (Å²) in [6.45, 7) is 9.97. The second kappa shape index (κ2) is 8.71. The summed E-state index contributed by atoms with van der Waals surface area (Å²) in [4.78, 5) is 35.4. The average molecular weight is 541 g/mol. The topological polar surface area (TPSA) is 76.5 Å². The fraction of sp³-hybridized carbons (Fsp3) is 0.258. The second-order valence-corrected chi connectivity index (χ2v) is 11.0. The van der Waals surface area contributed by atoms with E-state index in [0.29, 0.717) is 39.2 Å². The lowest BCUT2D eigenvalue weighted by atomic mass is 9.86. The molecule has 1 N–H and O–H groups in total. The quantitative estimate of drug-likeness (QED) is 0.317. The Morgan fingerprint density at radius 1 is 0.974 bits per heavy atom. The zero-order valence-electron chi connectivity index (χ0n) is 22.7. The van der Waals surface area contributed by atoms with E-state index < -0.39 is 5.54 Å². The SMILES string of the molecule is COc1cc(C)ccc1-c1nc2c(n1C(C)C)C1(C(=O)Nc3cc(Cl)ccc31)N(c1cc(C)ccc1C)C2=O. The van der Waals surface area contributed by atoms with Gasteiger partial charge in [0.1, 0.15) is 11.6 Å². The van der Waals surface area contributed by atoms with Gasteiger partial charge in [-0.2, -0.15) is 0 Å². The molecule has 0 saturated heterocycles. The van der Waals surface area contributed by atoms with E-state index in [4.69, 9.17) is 21.3 Å². The summed E-state index contributed by atoms with van der Waals surface area (Å²) in [6.07, 6.45) is 0. The molecular weight excluding hydrogens is 512 g/mol. The smallest absolute Gasteiger partial charge is 0.280 e. The molecule has 2 amide bonds. The van der Waals surface area contributed by atoms with Crippen LogP contribution in [-0.4, -0.2) is 28.5 Å². The number of benzene rings is 3. The number of nitrogens with one attached hydrogen (secondary N) is 1. The van der Waals surface area contributed by atoms with Gasteiger partial charge in [0.2, 0.25) is 0 Å². The molecule has 39 heavy (non-hydrogen) atoms. The van der Waals surface area contributed by atoms with Gasteiger partial charge in [0.25, 0.3) is 11.8 Å². The molecule has 1 atom stereocenters. The number of amides is 2. The maximum atomic E-state index is 14.5. The molecule has 1 spiro atoms. The molecule has 0 radical (unpaired) electrons. The molecule has 7 nitrogen and oxygen atoms in total. The summed E-state index contributed by atoms with van der Waals surface area (Å²) in [5.41, 5.74) is 4.88. The Hall–Kier alpha value is -4.10. The number of fused-ring (bicyclic) bond motifs is 4. The minimum absolute atomic E-state index is 0.130. The maximum absolute atomic E-state index is 14.5. The van der Waals surface area contributed by atoms with Gasteiger partial charge in [0, 0.05) is 28.0 Å². The van der Waals surface area contributed by atoms with Crippen LogP contribution in [0.4, 0.5) is 11.4 Å². The Bertz CT molecular complexity index is 1710. The summed E-state index contributed by atoms with van der Waals surface area (Å²) in [6, 6.07) is 17.0. The van der Waals surface area contributed by atoms with Gasteiger partial charge in [-0.1, -0.05) is 35.9 Å². The van der Waals surface area contributed by atoms with E-state index in [0.717, 1.165) is 22.3 Å². The van der Waals surface area contributed by atoms with Crippen LogP contribution in [-0.2, 0) is 10.3 Å². The van der Waals surface area contributed by atoms with Gasteiger partial charge in [-0.05, 0) is 81.6 Å². The number of carbonyl (C=O) groups excluding carboxylic acids is 2. The lowest BCUT2D eigenvalue weighted by Crippen LogP contribution is -2.51. The molecule has 198 valence electrons. The van der Waals surface area contributed by atoms with Gasteiger partial charge in [-0.3, -0.25) is 14.5 Å². The van der Waals surface area contributed by atoms with Crippen LogP contribution in [0.3, 0.4) is 0 Å². The Labute approximate surface area is 232 Å². The van der Waals surface area contributed by atoms with Gasteiger partial charge in [0.05, 0.1) is 18.4 Å². The van der Waals surface area contributed by atoms with Crippen molar-refractivity contribution in [2.45, 2.75) is 46.2 Å². The number of carbonyl (C=O) groups is 2. The van der Waals surface area contributed by atoms with Gasteiger partial charge in [-0.25, -0.2) is 4.98 Å². The van der Waals surface area contributed by atoms with E-state index in [1.165, 1.54) is 0 Å². The maximum Gasteiger partial charge on any atom is 0.280 e. The van der Waals surface area contributed by atoms with Crippen molar-refractivity contribution >= 4 is 34.8 Å². The number of nitrogens with zero attached hydrogens (tertiary/aromatic N) is 3. The van der Waals surface area contributed by atoms with Crippen molar-refractivity contribution in [1.29, 1.82) is 0 Å². The van der Waals surface area contributed by atoms with Crippen molar-refractivity contribution in [3.05, 3.63) is 93.3 Å². The number of ether oxygens (including phenoxy) is 1. The zero-order chi connectivity index (χ0) is 27.8. The molecule has 2 aliphatic rings.